The lowest BCUT2D eigenvalue weighted by molar-refractivity contribution is 0.0236. The van der Waals surface area contributed by atoms with Crippen LogP contribution < -0.4 is 0 Å². The number of carbonyl (C=O) groups is 1. The number of hydrogen-bond donors (Lipinski definition) is 1. The molecular formula is C26H29NO3S. The summed E-state index contributed by atoms with van der Waals surface area (Å²) in [7, 11) is 0. The van der Waals surface area contributed by atoms with Gasteiger partial charge in [-0.25, -0.2) is 4.79 Å². The first kappa shape index (κ1) is 22.8. The lowest BCUT2D eigenvalue weighted by Crippen LogP contribution is -2.37. The average Bonchev–Trinajstić information content (AvgIpc) is 2.71. The molecule has 0 spiro atoms. The Hall–Kier alpha value is -2.92. The van der Waals surface area contributed by atoms with Gasteiger partial charge in [0.25, 0.3) is 0 Å². The Morgan fingerprint density at radius 2 is 1.55 bits per heavy atom. The lowest BCUT2D eigenvalue weighted by Gasteiger charge is -2.27. The van der Waals surface area contributed by atoms with Gasteiger partial charge in [-0.3, -0.25) is 0 Å². The van der Waals surface area contributed by atoms with E-state index in [-0.39, 0.29) is 11.8 Å². The molecule has 0 fully saturated rings. The maximum Gasteiger partial charge on any atom is 0.410 e. The zero-order valence-corrected chi connectivity index (χ0v) is 19.1. The molecular weight excluding hydrogens is 406 g/mol. The maximum absolute atomic E-state index is 12.8. The van der Waals surface area contributed by atoms with Crippen LogP contribution in [0.3, 0.4) is 0 Å². The van der Waals surface area contributed by atoms with Crippen LogP contribution in [0.4, 0.5) is 4.79 Å². The summed E-state index contributed by atoms with van der Waals surface area (Å²) >= 11 is 1.60. The summed E-state index contributed by atoms with van der Waals surface area (Å²) in [6.45, 7) is 6.71. The quantitative estimate of drug-likeness (QED) is 0.459. The molecule has 162 valence electrons. The van der Waals surface area contributed by atoms with Crippen LogP contribution in [0.1, 0.15) is 31.9 Å². The van der Waals surface area contributed by atoms with Gasteiger partial charge >= 0.3 is 6.09 Å². The van der Waals surface area contributed by atoms with Crippen molar-refractivity contribution in [2.75, 3.05) is 6.54 Å². The van der Waals surface area contributed by atoms with E-state index in [9.17, 15) is 9.90 Å². The first-order valence-electron chi connectivity index (χ1n) is 10.4. The summed E-state index contributed by atoms with van der Waals surface area (Å²) < 4.78 is 5.63. The fourth-order valence-corrected chi connectivity index (χ4v) is 4.03. The number of ether oxygens (including phenoxy) is 1. The molecule has 31 heavy (non-hydrogen) atoms. The zero-order chi connectivity index (χ0) is 22.3. The fourth-order valence-electron chi connectivity index (χ4n) is 3.08. The van der Waals surface area contributed by atoms with Crippen molar-refractivity contribution in [2.45, 2.75) is 49.1 Å². The Morgan fingerprint density at radius 1 is 0.903 bits per heavy atom. The summed E-state index contributed by atoms with van der Waals surface area (Å²) in [5, 5.41) is 9.68. The Kier molecular flexibility index (Phi) is 7.64. The maximum atomic E-state index is 12.8. The van der Waals surface area contributed by atoms with E-state index in [0.29, 0.717) is 13.1 Å². The number of hydrogen-bond acceptors (Lipinski definition) is 4. The number of aromatic hydroxyl groups is 1. The topological polar surface area (TPSA) is 49.8 Å². The van der Waals surface area contributed by atoms with E-state index in [4.69, 9.17) is 4.74 Å². The summed E-state index contributed by atoms with van der Waals surface area (Å²) in [5.74, 6) is 0.259. The molecule has 0 aliphatic rings. The molecule has 3 rings (SSSR count). The average molecular weight is 436 g/mol. The first-order chi connectivity index (χ1) is 14.8. The second kappa shape index (κ2) is 10.4. The van der Waals surface area contributed by atoms with Crippen LogP contribution in [0.2, 0.25) is 0 Å². The van der Waals surface area contributed by atoms with Gasteiger partial charge in [-0.05, 0) is 68.7 Å². The van der Waals surface area contributed by atoms with Crippen molar-refractivity contribution in [3.8, 4) is 5.75 Å². The Bertz CT molecular complexity index is 999. The standard InChI is InChI=1S/C26H29NO3S/c1-26(2,3)30-25(29)27(19-21-9-5-4-6-10-21)16-15-20-11-7-13-23(17-20)31-24-14-8-12-22(28)18-24/h4-14,17-18,28H,15-16,19H2,1-3H3. The van der Waals surface area contributed by atoms with E-state index in [1.54, 1.807) is 28.8 Å². The van der Waals surface area contributed by atoms with Crippen molar-refractivity contribution >= 4 is 17.9 Å². The third-order valence-electron chi connectivity index (χ3n) is 4.49. The summed E-state index contributed by atoms with van der Waals surface area (Å²) in [6.07, 6.45) is 0.419. The molecule has 1 amide bonds. The van der Waals surface area contributed by atoms with Crippen LogP contribution in [-0.2, 0) is 17.7 Å². The highest BCUT2D eigenvalue weighted by molar-refractivity contribution is 7.99. The van der Waals surface area contributed by atoms with Gasteiger partial charge in [0.2, 0.25) is 0 Å². The first-order valence-corrected chi connectivity index (χ1v) is 11.2. The van der Waals surface area contributed by atoms with E-state index in [1.807, 2.05) is 75.4 Å². The van der Waals surface area contributed by atoms with Gasteiger partial charge < -0.3 is 14.7 Å². The predicted octanol–water partition coefficient (Wildman–Crippen LogP) is 6.52. The van der Waals surface area contributed by atoms with Crippen molar-refractivity contribution in [1.29, 1.82) is 0 Å². The fraction of sp³-hybridized carbons (Fsp3) is 0.269. The number of phenolic OH excluding ortho intramolecular Hbond substituents is 1. The largest absolute Gasteiger partial charge is 0.508 e. The van der Waals surface area contributed by atoms with E-state index in [2.05, 4.69) is 12.1 Å². The number of benzene rings is 3. The van der Waals surface area contributed by atoms with Crippen molar-refractivity contribution in [1.82, 2.24) is 4.90 Å². The van der Waals surface area contributed by atoms with Gasteiger partial charge in [0.1, 0.15) is 11.4 Å². The van der Waals surface area contributed by atoms with Crippen LogP contribution >= 0.6 is 11.8 Å². The number of amides is 1. The summed E-state index contributed by atoms with van der Waals surface area (Å²) in [4.78, 5) is 16.6. The molecule has 0 aromatic heterocycles. The van der Waals surface area contributed by atoms with Crippen LogP contribution in [0.15, 0.2) is 88.7 Å². The van der Waals surface area contributed by atoms with Gasteiger partial charge in [0.15, 0.2) is 0 Å². The number of nitrogens with zero attached hydrogens (tertiary/aromatic N) is 1. The Labute approximate surface area is 188 Å². The Morgan fingerprint density at radius 3 is 2.23 bits per heavy atom. The molecule has 4 nitrogen and oxygen atoms in total. The molecule has 0 unspecified atom stereocenters. The highest BCUT2D eigenvalue weighted by Crippen LogP contribution is 2.30. The van der Waals surface area contributed by atoms with Crippen molar-refractivity contribution in [2.24, 2.45) is 0 Å². The minimum Gasteiger partial charge on any atom is -0.508 e. The van der Waals surface area contributed by atoms with Crippen molar-refractivity contribution < 1.29 is 14.6 Å². The SMILES string of the molecule is CC(C)(C)OC(=O)N(CCc1cccc(Sc2cccc(O)c2)c1)Cc1ccccc1. The lowest BCUT2D eigenvalue weighted by atomic mass is 10.1. The molecule has 0 bridgehead atoms. The van der Waals surface area contributed by atoms with Gasteiger partial charge in [0.05, 0.1) is 0 Å². The van der Waals surface area contributed by atoms with E-state index < -0.39 is 5.60 Å². The predicted molar refractivity (Wildman–Crippen MR) is 125 cm³/mol. The molecule has 3 aromatic rings. The third kappa shape index (κ3) is 7.68. The van der Waals surface area contributed by atoms with Gasteiger partial charge in [-0.1, -0.05) is 60.3 Å². The van der Waals surface area contributed by atoms with E-state index >= 15 is 0 Å². The van der Waals surface area contributed by atoms with E-state index in [0.717, 1.165) is 27.3 Å². The molecule has 0 aliphatic carbocycles. The summed E-state index contributed by atoms with van der Waals surface area (Å²) in [5.41, 5.74) is 1.68. The second-order valence-corrected chi connectivity index (χ2v) is 9.53. The molecule has 0 saturated carbocycles. The van der Waals surface area contributed by atoms with Crippen molar-refractivity contribution in [3.63, 3.8) is 0 Å². The molecule has 0 aliphatic heterocycles. The second-order valence-electron chi connectivity index (χ2n) is 8.38. The highest BCUT2D eigenvalue weighted by Gasteiger charge is 2.22. The smallest absolute Gasteiger partial charge is 0.410 e. The molecule has 0 saturated heterocycles. The van der Waals surface area contributed by atoms with Crippen LogP contribution in [-0.4, -0.2) is 28.2 Å². The monoisotopic (exact) mass is 435 g/mol. The molecule has 0 heterocycles. The number of phenols is 1. The third-order valence-corrected chi connectivity index (χ3v) is 5.47. The van der Waals surface area contributed by atoms with E-state index in [1.165, 1.54) is 0 Å². The van der Waals surface area contributed by atoms with Crippen molar-refractivity contribution in [3.05, 3.63) is 90.0 Å². The molecule has 1 N–H and O–H groups in total. The molecule has 0 atom stereocenters. The normalized spacial score (nSPS) is 11.2. The van der Waals surface area contributed by atoms with Crippen LogP contribution in [0.5, 0.6) is 5.75 Å². The van der Waals surface area contributed by atoms with Gasteiger partial charge in [-0.2, -0.15) is 0 Å². The number of carbonyl (C=O) groups excluding carboxylic acids is 1. The zero-order valence-electron chi connectivity index (χ0n) is 18.2. The minimum absolute atomic E-state index is 0.259. The minimum atomic E-state index is -0.538. The number of rotatable bonds is 7. The van der Waals surface area contributed by atoms with Crippen LogP contribution in [0, 0.1) is 0 Å². The van der Waals surface area contributed by atoms with Crippen LogP contribution in [0.25, 0.3) is 0 Å². The van der Waals surface area contributed by atoms with Gasteiger partial charge in [0, 0.05) is 22.9 Å². The van der Waals surface area contributed by atoms with Gasteiger partial charge in [-0.15, -0.1) is 0 Å². The Balaban J connectivity index is 1.69. The molecule has 0 radical (unpaired) electrons. The summed E-state index contributed by atoms with van der Waals surface area (Å²) in [6, 6.07) is 25.5. The molecule has 3 aromatic carbocycles. The highest BCUT2D eigenvalue weighted by atomic mass is 32.2. The molecule has 5 heteroatoms.